The Kier molecular flexibility index (Phi) is 6.28. The number of nitrogens with zero attached hydrogens (tertiary/aromatic N) is 3. The first-order valence-corrected chi connectivity index (χ1v) is 10.0. The van der Waals surface area contributed by atoms with Gasteiger partial charge in [0.1, 0.15) is 0 Å². The van der Waals surface area contributed by atoms with Gasteiger partial charge in [-0.15, -0.1) is 11.3 Å². The van der Waals surface area contributed by atoms with E-state index in [1.807, 2.05) is 6.92 Å². The normalized spacial score (nSPS) is 11.9. The molecule has 3 rings (SSSR count). The minimum absolute atomic E-state index is 0.776. The molecule has 0 radical (unpaired) electrons. The van der Waals surface area contributed by atoms with Gasteiger partial charge in [-0.05, 0) is 38.3 Å². The molecule has 2 heterocycles. The van der Waals surface area contributed by atoms with Gasteiger partial charge in [-0.25, -0.2) is 4.98 Å². The zero-order valence-electron chi connectivity index (χ0n) is 15.7. The van der Waals surface area contributed by atoms with Crippen molar-refractivity contribution in [2.75, 3.05) is 20.1 Å². The lowest BCUT2D eigenvalue weighted by Crippen LogP contribution is -2.38. The zero-order chi connectivity index (χ0) is 18.4. The van der Waals surface area contributed by atoms with Crippen LogP contribution in [0.1, 0.15) is 29.6 Å². The van der Waals surface area contributed by atoms with Crippen LogP contribution in [-0.4, -0.2) is 41.0 Å². The molecule has 0 aliphatic rings. The van der Waals surface area contributed by atoms with E-state index in [1.165, 1.54) is 16.5 Å². The maximum atomic E-state index is 4.79. The van der Waals surface area contributed by atoms with Crippen LogP contribution in [0.3, 0.4) is 0 Å². The number of benzene rings is 1. The summed E-state index contributed by atoms with van der Waals surface area (Å²) in [5, 5.41) is 7.92. The van der Waals surface area contributed by atoms with Gasteiger partial charge in [-0.2, -0.15) is 0 Å². The number of thiazole rings is 1. The van der Waals surface area contributed by atoms with Crippen molar-refractivity contribution in [1.29, 1.82) is 0 Å². The summed E-state index contributed by atoms with van der Waals surface area (Å²) in [7, 11) is 2.07. The van der Waals surface area contributed by atoms with E-state index in [0.717, 1.165) is 49.1 Å². The number of rotatable bonds is 7. The van der Waals surface area contributed by atoms with Gasteiger partial charge in [-0.3, -0.25) is 4.99 Å². The summed E-state index contributed by atoms with van der Waals surface area (Å²) in [5.41, 5.74) is 3.67. The molecule has 0 saturated heterocycles. The lowest BCUT2D eigenvalue weighted by atomic mass is 10.1. The van der Waals surface area contributed by atoms with Crippen LogP contribution in [0.15, 0.2) is 40.8 Å². The van der Waals surface area contributed by atoms with Crippen molar-refractivity contribution in [2.45, 2.75) is 33.2 Å². The Bertz CT molecular complexity index is 864. The summed E-state index contributed by atoms with van der Waals surface area (Å²) in [5.74, 6) is 0.942. The fraction of sp³-hybridized carbons (Fsp3) is 0.400. The highest BCUT2D eigenvalue weighted by Crippen LogP contribution is 2.19. The quantitative estimate of drug-likeness (QED) is 0.376. The number of fused-ring (bicyclic) bond motifs is 1. The summed E-state index contributed by atoms with van der Waals surface area (Å²) in [6.07, 6.45) is 4.18. The molecule has 3 aromatic rings. The Balaban J connectivity index is 1.56. The predicted octanol–water partition coefficient (Wildman–Crippen LogP) is 3.96. The van der Waals surface area contributed by atoms with E-state index < -0.39 is 0 Å². The monoisotopic (exact) mass is 369 g/mol. The molecule has 1 aromatic carbocycles. The Morgan fingerprint density at radius 2 is 2.19 bits per heavy atom. The van der Waals surface area contributed by atoms with E-state index in [9.17, 15) is 0 Å². The van der Waals surface area contributed by atoms with Gasteiger partial charge in [-0.1, -0.05) is 18.2 Å². The molecule has 6 heteroatoms. The van der Waals surface area contributed by atoms with Crippen LogP contribution in [0.2, 0.25) is 0 Å². The molecule has 2 N–H and O–H groups in total. The fourth-order valence-corrected chi connectivity index (χ4v) is 3.67. The summed E-state index contributed by atoms with van der Waals surface area (Å²) >= 11 is 1.69. The van der Waals surface area contributed by atoms with Crippen LogP contribution in [-0.2, 0) is 13.0 Å². The molecular weight excluding hydrogens is 342 g/mol. The van der Waals surface area contributed by atoms with E-state index in [2.05, 4.69) is 70.0 Å². The Morgan fingerprint density at radius 3 is 2.96 bits per heavy atom. The molecular formula is C20H27N5S. The number of aromatic amines is 1. The average molecular weight is 370 g/mol. The van der Waals surface area contributed by atoms with Gasteiger partial charge in [0.2, 0.25) is 0 Å². The van der Waals surface area contributed by atoms with Gasteiger partial charge in [0.15, 0.2) is 5.96 Å². The number of aryl methyl sites for hydroxylation is 2. The summed E-state index contributed by atoms with van der Waals surface area (Å²) in [4.78, 5) is 14.8. The van der Waals surface area contributed by atoms with E-state index >= 15 is 0 Å². The molecule has 0 unspecified atom stereocenters. The minimum atomic E-state index is 0.776. The standard InChI is InChI=1S/C20H27N5S/c1-4-21-20(25(3)13-17-14-26-15(2)24-17)22-11-7-8-16-12-23-19-10-6-5-9-18(16)19/h5-6,9-10,12,14,23H,4,7-8,11,13H2,1-3H3,(H,21,22). The number of guanidine groups is 1. The van der Waals surface area contributed by atoms with Crippen LogP contribution in [0.25, 0.3) is 10.9 Å². The Morgan fingerprint density at radius 1 is 1.35 bits per heavy atom. The lowest BCUT2D eigenvalue weighted by molar-refractivity contribution is 0.470. The van der Waals surface area contributed by atoms with Crippen LogP contribution < -0.4 is 5.32 Å². The van der Waals surface area contributed by atoms with E-state index in [0.29, 0.717) is 0 Å². The Labute approximate surface area is 159 Å². The van der Waals surface area contributed by atoms with Crippen molar-refractivity contribution >= 4 is 28.2 Å². The molecule has 0 aliphatic heterocycles. The number of aromatic nitrogens is 2. The van der Waals surface area contributed by atoms with Gasteiger partial charge in [0, 0.05) is 42.6 Å². The number of para-hydroxylation sites is 1. The second-order valence-corrected chi connectivity index (χ2v) is 7.47. The zero-order valence-corrected chi connectivity index (χ0v) is 16.6. The molecule has 2 aromatic heterocycles. The third kappa shape index (κ3) is 4.64. The van der Waals surface area contributed by atoms with Crippen molar-refractivity contribution in [2.24, 2.45) is 4.99 Å². The van der Waals surface area contributed by atoms with Gasteiger partial charge < -0.3 is 15.2 Å². The first-order valence-electron chi connectivity index (χ1n) is 9.13. The number of H-pyrrole nitrogens is 1. The lowest BCUT2D eigenvalue weighted by Gasteiger charge is -2.21. The largest absolute Gasteiger partial charge is 0.361 e. The van der Waals surface area contributed by atoms with E-state index in [1.54, 1.807) is 11.3 Å². The van der Waals surface area contributed by atoms with Crippen LogP contribution in [0.4, 0.5) is 0 Å². The van der Waals surface area contributed by atoms with Gasteiger partial charge in [0.25, 0.3) is 0 Å². The SMILES string of the molecule is CCNC(=NCCCc1c[nH]c2ccccc12)N(C)Cc1csc(C)n1. The number of aliphatic imine (C=N–C) groups is 1. The fourth-order valence-electron chi connectivity index (χ4n) is 3.06. The number of hydrogen-bond acceptors (Lipinski definition) is 3. The number of hydrogen-bond donors (Lipinski definition) is 2. The highest BCUT2D eigenvalue weighted by Gasteiger charge is 2.08. The molecule has 0 bridgehead atoms. The summed E-state index contributed by atoms with van der Waals surface area (Å²) in [6.45, 7) is 6.59. The second kappa shape index (κ2) is 8.85. The van der Waals surface area contributed by atoms with Gasteiger partial charge >= 0.3 is 0 Å². The topological polar surface area (TPSA) is 56.3 Å². The van der Waals surface area contributed by atoms with Crippen LogP contribution >= 0.6 is 11.3 Å². The summed E-state index contributed by atoms with van der Waals surface area (Å²) < 4.78 is 0. The molecule has 0 aliphatic carbocycles. The van der Waals surface area contributed by atoms with Crippen molar-refractivity contribution in [3.63, 3.8) is 0 Å². The first-order chi connectivity index (χ1) is 12.7. The number of nitrogens with one attached hydrogen (secondary N) is 2. The summed E-state index contributed by atoms with van der Waals surface area (Å²) in [6, 6.07) is 8.46. The average Bonchev–Trinajstić information content (AvgIpc) is 3.24. The van der Waals surface area contributed by atoms with Crippen molar-refractivity contribution < 1.29 is 0 Å². The van der Waals surface area contributed by atoms with Crippen LogP contribution in [0.5, 0.6) is 0 Å². The smallest absolute Gasteiger partial charge is 0.194 e. The maximum absolute atomic E-state index is 4.79. The predicted molar refractivity (Wildman–Crippen MR) is 111 cm³/mol. The molecule has 0 fully saturated rings. The van der Waals surface area contributed by atoms with Gasteiger partial charge in [0.05, 0.1) is 17.2 Å². The molecule has 0 spiro atoms. The third-order valence-corrected chi connectivity index (χ3v) is 5.13. The first kappa shape index (κ1) is 18.5. The highest BCUT2D eigenvalue weighted by atomic mass is 32.1. The molecule has 26 heavy (non-hydrogen) atoms. The minimum Gasteiger partial charge on any atom is -0.361 e. The van der Waals surface area contributed by atoms with Crippen molar-refractivity contribution in [3.05, 3.63) is 52.1 Å². The van der Waals surface area contributed by atoms with Crippen molar-refractivity contribution in [3.8, 4) is 0 Å². The second-order valence-electron chi connectivity index (χ2n) is 6.41. The highest BCUT2D eigenvalue weighted by molar-refractivity contribution is 7.09. The molecule has 0 atom stereocenters. The van der Waals surface area contributed by atoms with E-state index in [-0.39, 0.29) is 0 Å². The molecule has 5 nitrogen and oxygen atoms in total. The van der Waals surface area contributed by atoms with Crippen LogP contribution in [0, 0.1) is 6.92 Å². The molecule has 0 amide bonds. The Hall–Kier alpha value is -2.34. The van der Waals surface area contributed by atoms with Crippen molar-refractivity contribution in [1.82, 2.24) is 20.2 Å². The third-order valence-electron chi connectivity index (χ3n) is 4.30. The molecule has 138 valence electrons. The maximum Gasteiger partial charge on any atom is 0.194 e. The molecule has 0 saturated carbocycles. The van der Waals surface area contributed by atoms with E-state index in [4.69, 9.17) is 4.99 Å².